The number of carbonyl (C=O) groups excluding carboxylic acids is 1. The van der Waals surface area contributed by atoms with Crippen molar-refractivity contribution in [1.29, 1.82) is 0 Å². The summed E-state index contributed by atoms with van der Waals surface area (Å²) in [6.45, 7) is 8.16. The number of fused-ring (bicyclic) bond motifs is 3. The summed E-state index contributed by atoms with van der Waals surface area (Å²) in [4.78, 5) is 15.2. The molecule has 0 radical (unpaired) electrons. The second-order valence-electron chi connectivity index (χ2n) is 12.0. The molecule has 5 aromatic carbocycles. The summed E-state index contributed by atoms with van der Waals surface area (Å²) < 4.78 is 18.2. The lowest BCUT2D eigenvalue weighted by molar-refractivity contribution is 0.0929. The first-order valence-corrected chi connectivity index (χ1v) is 16.6. The van der Waals surface area contributed by atoms with Crippen molar-refractivity contribution in [2.75, 3.05) is 0 Å². The monoisotopic (exact) mass is 579 g/mol. The van der Waals surface area contributed by atoms with Gasteiger partial charge in [0.25, 0.3) is 0 Å². The van der Waals surface area contributed by atoms with Gasteiger partial charge in [0, 0.05) is 33.2 Å². The Kier molecular flexibility index (Phi) is 6.60. The zero-order chi connectivity index (χ0) is 29.9. The fraction of sp³-hybridized carbons (Fsp3) is 0.154. The molecule has 0 amide bonds. The third-order valence-electron chi connectivity index (χ3n) is 8.79. The highest BCUT2D eigenvalue weighted by Gasteiger charge is 2.54. The van der Waals surface area contributed by atoms with Gasteiger partial charge in [-0.25, -0.2) is 0 Å². The van der Waals surface area contributed by atoms with Crippen molar-refractivity contribution < 1.29 is 9.36 Å². The zero-order valence-corrected chi connectivity index (χ0v) is 25.8. The second kappa shape index (κ2) is 10.4. The molecule has 43 heavy (non-hydrogen) atoms. The highest BCUT2D eigenvalue weighted by atomic mass is 31.2. The number of carbonyl (C=O) groups is 1. The minimum Gasteiger partial charge on any atom is -0.313 e. The van der Waals surface area contributed by atoms with Gasteiger partial charge in [-0.15, -0.1) is 0 Å². The van der Waals surface area contributed by atoms with Crippen molar-refractivity contribution in [1.82, 2.24) is 4.57 Å². The number of hydrogen-bond acceptors (Lipinski definition) is 2. The van der Waals surface area contributed by atoms with Crippen molar-refractivity contribution in [2.24, 2.45) is 0 Å². The van der Waals surface area contributed by atoms with E-state index in [0.717, 1.165) is 66.2 Å². The number of nitrogens with zero attached hydrogens (tertiary/aromatic N) is 1. The Bertz CT molecular complexity index is 1980. The first kappa shape index (κ1) is 27.4. The van der Waals surface area contributed by atoms with Gasteiger partial charge >= 0.3 is 0 Å². The molecule has 0 spiro atoms. The van der Waals surface area contributed by atoms with Gasteiger partial charge in [-0.2, -0.15) is 0 Å². The van der Waals surface area contributed by atoms with E-state index >= 15 is 9.36 Å². The van der Waals surface area contributed by atoms with E-state index in [4.69, 9.17) is 0 Å². The maximum absolute atomic E-state index is 16.3. The van der Waals surface area contributed by atoms with E-state index in [0.29, 0.717) is 0 Å². The molecule has 0 saturated heterocycles. The number of benzene rings is 5. The molecule has 0 bridgehead atoms. The predicted molar refractivity (Wildman–Crippen MR) is 179 cm³/mol. The Morgan fingerprint density at radius 2 is 1.09 bits per heavy atom. The molecule has 0 N–H and O–H groups in total. The molecule has 6 aromatic rings. The minimum absolute atomic E-state index is 0.108. The van der Waals surface area contributed by atoms with E-state index in [1.165, 1.54) is 0 Å². The van der Waals surface area contributed by atoms with Crippen LogP contribution >= 0.6 is 7.14 Å². The normalized spacial score (nSPS) is 16.5. The number of para-hydroxylation sites is 1. The molecule has 212 valence electrons. The van der Waals surface area contributed by atoms with Crippen LogP contribution in [0, 0.1) is 27.7 Å². The molecular formula is C39H34NO2P. The molecule has 2 heterocycles. The quantitative estimate of drug-likeness (QED) is 0.192. The van der Waals surface area contributed by atoms with Crippen molar-refractivity contribution in [3.63, 3.8) is 0 Å². The zero-order valence-electron chi connectivity index (χ0n) is 24.9. The van der Waals surface area contributed by atoms with Crippen LogP contribution in [0.15, 0.2) is 121 Å². The number of aryl methyl sites for hydroxylation is 4. The fourth-order valence-corrected chi connectivity index (χ4v) is 10.9. The molecule has 3 nitrogen and oxygen atoms in total. The van der Waals surface area contributed by atoms with Crippen LogP contribution in [-0.4, -0.2) is 16.1 Å². The van der Waals surface area contributed by atoms with Crippen LogP contribution in [-0.2, 0) is 4.57 Å². The largest absolute Gasteiger partial charge is 0.313 e. The van der Waals surface area contributed by atoms with Crippen LogP contribution in [0.25, 0.3) is 22.0 Å². The molecule has 0 unspecified atom stereocenters. The molecule has 1 aromatic heterocycles. The van der Waals surface area contributed by atoms with Crippen LogP contribution < -0.4 is 10.6 Å². The highest BCUT2D eigenvalue weighted by Crippen LogP contribution is 2.61. The molecule has 1 aliphatic heterocycles. The Morgan fingerprint density at radius 3 is 1.65 bits per heavy atom. The summed E-state index contributed by atoms with van der Waals surface area (Å²) >= 11 is 0. The summed E-state index contributed by atoms with van der Waals surface area (Å²) in [5, 5.41) is 2.51. The third kappa shape index (κ3) is 4.34. The summed E-state index contributed by atoms with van der Waals surface area (Å²) in [6, 6.07) is 41.0. The lowest BCUT2D eigenvalue weighted by Crippen LogP contribution is -2.34. The van der Waals surface area contributed by atoms with E-state index in [9.17, 15) is 0 Å². The molecule has 4 heteroatoms. The average molecular weight is 580 g/mol. The Labute approximate surface area is 253 Å². The fourth-order valence-electron chi connectivity index (χ4n) is 7.25. The van der Waals surface area contributed by atoms with E-state index in [2.05, 4.69) is 42.5 Å². The van der Waals surface area contributed by atoms with Crippen molar-refractivity contribution in [3.8, 4) is 11.1 Å². The standard InChI is InChI=1S/C39H34NO2P/c1-25-19-26(2)22-31(21-25)43(42,32-23-27(3)20-28(4)24-32)38-36(30-15-9-6-10-16-30)37-35(29-13-7-5-8-14-29)33-17-11-12-18-34(33)40(37)39(38)41/h5-24,36,38H,1-4H3/t36-,38+/m1/s1. The summed E-state index contributed by atoms with van der Waals surface area (Å²) in [7, 11) is -3.57. The Balaban J connectivity index is 1.61. The van der Waals surface area contributed by atoms with Gasteiger partial charge in [0.2, 0.25) is 5.91 Å². The van der Waals surface area contributed by atoms with Gasteiger partial charge in [0.05, 0.1) is 5.52 Å². The molecule has 0 aliphatic carbocycles. The van der Waals surface area contributed by atoms with Gasteiger partial charge in [-0.05, 0) is 69.2 Å². The summed E-state index contributed by atoms with van der Waals surface area (Å²) in [5.41, 5.74) is 8.20. The smallest absolute Gasteiger partial charge is 0.243 e. The van der Waals surface area contributed by atoms with Crippen LogP contribution in [0.2, 0.25) is 0 Å². The van der Waals surface area contributed by atoms with Gasteiger partial charge in [-0.3, -0.25) is 9.36 Å². The van der Waals surface area contributed by atoms with Crippen LogP contribution in [0.4, 0.5) is 0 Å². The van der Waals surface area contributed by atoms with E-state index in [1.54, 1.807) is 0 Å². The van der Waals surface area contributed by atoms with Crippen LogP contribution in [0.3, 0.4) is 0 Å². The average Bonchev–Trinajstić information content (AvgIpc) is 3.49. The van der Waals surface area contributed by atoms with Crippen LogP contribution in [0.5, 0.6) is 0 Å². The van der Waals surface area contributed by atoms with E-state index < -0.39 is 18.7 Å². The molecular weight excluding hydrogens is 545 g/mol. The summed E-state index contributed by atoms with van der Waals surface area (Å²) in [6.07, 6.45) is 0. The number of rotatable bonds is 5. The van der Waals surface area contributed by atoms with Gasteiger partial charge < -0.3 is 4.57 Å². The number of hydrogen-bond donors (Lipinski definition) is 0. The maximum atomic E-state index is 16.3. The molecule has 0 saturated carbocycles. The van der Waals surface area contributed by atoms with Gasteiger partial charge in [-0.1, -0.05) is 113 Å². The summed E-state index contributed by atoms with van der Waals surface area (Å²) in [5.74, 6) is -0.521. The van der Waals surface area contributed by atoms with Gasteiger partial charge in [0.1, 0.15) is 5.66 Å². The minimum atomic E-state index is -3.57. The first-order valence-electron chi connectivity index (χ1n) is 14.8. The molecule has 7 rings (SSSR count). The Hall–Kier alpha value is -4.46. The van der Waals surface area contributed by atoms with Crippen molar-refractivity contribution in [2.45, 2.75) is 39.3 Å². The lowest BCUT2D eigenvalue weighted by Gasteiger charge is -2.30. The van der Waals surface area contributed by atoms with Crippen molar-refractivity contribution >= 4 is 34.6 Å². The van der Waals surface area contributed by atoms with E-state index in [-0.39, 0.29) is 5.91 Å². The molecule has 0 fully saturated rings. The highest BCUT2D eigenvalue weighted by molar-refractivity contribution is 7.80. The van der Waals surface area contributed by atoms with Crippen LogP contribution in [0.1, 0.15) is 44.2 Å². The topological polar surface area (TPSA) is 39.1 Å². The van der Waals surface area contributed by atoms with Gasteiger partial charge in [0.15, 0.2) is 7.14 Å². The second-order valence-corrected chi connectivity index (χ2v) is 14.9. The first-order chi connectivity index (χ1) is 20.8. The predicted octanol–water partition coefficient (Wildman–Crippen LogP) is 8.71. The van der Waals surface area contributed by atoms with E-state index in [1.807, 2.05) is 111 Å². The lowest BCUT2D eigenvalue weighted by atomic mass is 9.89. The maximum Gasteiger partial charge on any atom is 0.243 e. The Morgan fingerprint density at radius 1 is 0.605 bits per heavy atom. The number of aromatic nitrogens is 1. The molecule has 1 aliphatic rings. The third-order valence-corrected chi connectivity index (χ3v) is 12.1. The SMILES string of the molecule is Cc1cc(C)cc(P(=O)(c2cc(C)cc(C)c2)[C@@H]2C(=O)n3c(c(-c4ccccc4)c4ccccc43)[C@H]2c2ccccc2)c1. The van der Waals surface area contributed by atoms with Crippen molar-refractivity contribution in [3.05, 3.63) is 155 Å². The molecule has 2 atom stereocenters.